The molecule has 0 heterocycles. The summed E-state index contributed by atoms with van der Waals surface area (Å²) in [5.74, 6) is 2.17. The topological polar surface area (TPSA) is 52.1 Å². The Balaban J connectivity index is 1.54. The first-order chi connectivity index (χ1) is 14.2. The molecule has 0 aliphatic heterocycles. The molecule has 3 aromatic rings. The first kappa shape index (κ1) is 20.6. The molecule has 0 aliphatic carbocycles. The standard InChI is InChI=1S/C23H23ClN2O3/c1-27-22-10-9-18(13-23(22)28-2)15-26-25-14-17-5-4-8-21(12-17)29-16-19-6-3-7-20(24)11-19/h3-14,26H,15-16H2,1-2H3/b25-14-. The van der Waals surface area contributed by atoms with E-state index in [0.717, 1.165) is 22.4 Å². The van der Waals surface area contributed by atoms with Gasteiger partial charge in [0.25, 0.3) is 0 Å². The van der Waals surface area contributed by atoms with Crippen molar-refractivity contribution in [1.29, 1.82) is 0 Å². The first-order valence-corrected chi connectivity index (χ1v) is 9.50. The summed E-state index contributed by atoms with van der Waals surface area (Å²) in [5, 5.41) is 4.99. The van der Waals surface area contributed by atoms with Crippen LogP contribution in [-0.4, -0.2) is 20.4 Å². The summed E-state index contributed by atoms with van der Waals surface area (Å²) >= 11 is 6.01. The second-order valence-corrected chi connectivity index (χ2v) is 6.71. The van der Waals surface area contributed by atoms with E-state index in [1.165, 1.54) is 0 Å². The fourth-order valence-corrected chi connectivity index (χ4v) is 2.94. The SMILES string of the molecule is COc1ccc(CN/N=C\c2cccc(OCc3cccc(Cl)c3)c2)cc1OC. The van der Waals surface area contributed by atoms with Gasteiger partial charge in [0.15, 0.2) is 11.5 Å². The van der Waals surface area contributed by atoms with Gasteiger partial charge in [0.2, 0.25) is 0 Å². The van der Waals surface area contributed by atoms with Gasteiger partial charge < -0.3 is 19.6 Å². The van der Waals surface area contributed by atoms with E-state index in [9.17, 15) is 0 Å². The Morgan fingerprint density at radius 3 is 2.52 bits per heavy atom. The molecule has 0 spiro atoms. The molecule has 3 rings (SSSR count). The highest BCUT2D eigenvalue weighted by Gasteiger charge is 2.04. The van der Waals surface area contributed by atoms with Crippen molar-refractivity contribution in [3.05, 3.63) is 88.4 Å². The molecule has 3 aromatic carbocycles. The van der Waals surface area contributed by atoms with E-state index >= 15 is 0 Å². The summed E-state index contributed by atoms with van der Waals surface area (Å²) in [7, 11) is 3.24. The predicted molar refractivity (Wildman–Crippen MR) is 116 cm³/mol. The summed E-state index contributed by atoms with van der Waals surface area (Å²) in [6.45, 7) is 1.03. The van der Waals surface area contributed by atoms with E-state index in [-0.39, 0.29) is 0 Å². The smallest absolute Gasteiger partial charge is 0.161 e. The Labute approximate surface area is 175 Å². The number of nitrogens with one attached hydrogen (secondary N) is 1. The van der Waals surface area contributed by atoms with Gasteiger partial charge in [-0.05, 0) is 53.1 Å². The van der Waals surface area contributed by atoms with Crippen LogP contribution in [0, 0.1) is 0 Å². The average Bonchev–Trinajstić information content (AvgIpc) is 2.75. The molecular weight excluding hydrogens is 388 g/mol. The van der Waals surface area contributed by atoms with Gasteiger partial charge in [0, 0.05) is 5.02 Å². The van der Waals surface area contributed by atoms with Crippen molar-refractivity contribution < 1.29 is 14.2 Å². The number of nitrogens with zero attached hydrogens (tertiary/aromatic N) is 1. The molecule has 0 saturated heterocycles. The van der Waals surface area contributed by atoms with Crippen LogP contribution in [0.4, 0.5) is 0 Å². The molecule has 0 aromatic heterocycles. The summed E-state index contributed by atoms with van der Waals surface area (Å²) in [6.07, 6.45) is 1.76. The van der Waals surface area contributed by atoms with Crippen molar-refractivity contribution in [3.8, 4) is 17.2 Å². The normalized spacial score (nSPS) is 10.7. The highest BCUT2D eigenvalue weighted by atomic mass is 35.5. The van der Waals surface area contributed by atoms with Crippen LogP contribution in [0.2, 0.25) is 5.02 Å². The Hall–Kier alpha value is -3.18. The van der Waals surface area contributed by atoms with Crippen LogP contribution in [0.15, 0.2) is 71.8 Å². The second-order valence-electron chi connectivity index (χ2n) is 6.27. The van der Waals surface area contributed by atoms with Gasteiger partial charge in [-0.3, -0.25) is 0 Å². The lowest BCUT2D eigenvalue weighted by Crippen LogP contribution is -2.06. The molecule has 0 amide bonds. The van der Waals surface area contributed by atoms with Gasteiger partial charge in [-0.25, -0.2) is 0 Å². The third kappa shape index (κ3) is 6.16. The molecule has 0 fully saturated rings. The van der Waals surface area contributed by atoms with Crippen LogP contribution >= 0.6 is 11.6 Å². The Morgan fingerprint density at radius 1 is 0.897 bits per heavy atom. The van der Waals surface area contributed by atoms with Crippen molar-refractivity contribution in [1.82, 2.24) is 5.43 Å². The molecule has 0 radical (unpaired) electrons. The average molecular weight is 411 g/mol. The molecule has 6 heteroatoms. The Bertz CT molecular complexity index is 976. The maximum atomic E-state index is 6.01. The van der Waals surface area contributed by atoms with E-state index in [2.05, 4.69) is 10.5 Å². The van der Waals surface area contributed by atoms with E-state index in [1.54, 1.807) is 20.4 Å². The van der Waals surface area contributed by atoms with Gasteiger partial charge >= 0.3 is 0 Å². The van der Waals surface area contributed by atoms with Crippen LogP contribution in [0.1, 0.15) is 16.7 Å². The molecule has 1 N–H and O–H groups in total. The van der Waals surface area contributed by atoms with Gasteiger partial charge in [0.05, 0.1) is 27.0 Å². The van der Waals surface area contributed by atoms with Crippen LogP contribution < -0.4 is 19.6 Å². The van der Waals surface area contributed by atoms with Crippen LogP contribution in [0.25, 0.3) is 0 Å². The van der Waals surface area contributed by atoms with Crippen LogP contribution in [-0.2, 0) is 13.2 Å². The number of hydrogen-bond donors (Lipinski definition) is 1. The third-order valence-corrected chi connectivity index (χ3v) is 4.42. The number of halogens is 1. The lowest BCUT2D eigenvalue weighted by atomic mass is 10.2. The first-order valence-electron chi connectivity index (χ1n) is 9.12. The Morgan fingerprint density at radius 2 is 1.72 bits per heavy atom. The second kappa shape index (κ2) is 10.4. The van der Waals surface area contributed by atoms with E-state index in [1.807, 2.05) is 66.7 Å². The lowest BCUT2D eigenvalue weighted by Gasteiger charge is -2.09. The fourth-order valence-electron chi connectivity index (χ4n) is 2.73. The highest BCUT2D eigenvalue weighted by molar-refractivity contribution is 6.30. The minimum absolute atomic E-state index is 0.457. The fraction of sp³-hybridized carbons (Fsp3) is 0.174. The van der Waals surface area contributed by atoms with Gasteiger partial charge in [-0.2, -0.15) is 5.10 Å². The van der Waals surface area contributed by atoms with E-state index in [4.69, 9.17) is 25.8 Å². The zero-order valence-corrected chi connectivity index (χ0v) is 17.1. The lowest BCUT2D eigenvalue weighted by molar-refractivity contribution is 0.306. The van der Waals surface area contributed by atoms with Crippen molar-refractivity contribution in [2.24, 2.45) is 5.10 Å². The monoisotopic (exact) mass is 410 g/mol. The maximum Gasteiger partial charge on any atom is 0.161 e. The molecule has 29 heavy (non-hydrogen) atoms. The largest absolute Gasteiger partial charge is 0.493 e. The van der Waals surface area contributed by atoms with Crippen molar-refractivity contribution in [2.75, 3.05) is 14.2 Å². The molecule has 150 valence electrons. The molecule has 0 unspecified atom stereocenters. The predicted octanol–water partition coefficient (Wildman–Crippen LogP) is 5.06. The number of methoxy groups -OCH3 is 2. The zero-order valence-electron chi connectivity index (χ0n) is 16.4. The van der Waals surface area contributed by atoms with E-state index in [0.29, 0.717) is 29.7 Å². The summed E-state index contributed by atoms with van der Waals surface area (Å²) in [6, 6.07) is 21.1. The summed E-state index contributed by atoms with van der Waals surface area (Å²) < 4.78 is 16.4. The summed E-state index contributed by atoms with van der Waals surface area (Å²) in [4.78, 5) is 0. The van der Waals surface area contributed by atoms with Crippen molar-refractivity contribution in [2.45, 2.75) is 13.2 Å². The quantitative estimate of drug-likeness (QED) is 0.395. The molecule has 0 aliphatic rings. The highest BCUT2D eigenvalue weighted by Crippen LogP contribution is 2.27. The minimum atomic E-state index is 0.457. The van der Waals surface area contributed by atoms with Crippen LogP contribution in [0.3, 0.4) is 0 Å². The molecule has 5 nitrogen and oxygen atoms in total. The number of hydrazone groups is 1. The minimum Gasteiger partial charge on any atom is -0.493 e. The molecule has 0 saturated carbocycles. The van der Waals surface area contributed by atoms with Crippen molar-refractivity contribution >= 4 is 17.8 Å². The summed E-state index contributed by atoms with van der Waals surface area (Å²) in [5.41, 5.74) is 6.04. The number of hydrogen-bond acceptors (Lipinski definition) is 5. The number of ether oxygens (including phenoxy) is 3. The molecule has 0 atom stereocenters. The van der Waals surface area contributed by atoms with Crippen molar-refractivity contribution in [3.63, 3.8) is 0 Å². The number of rotatable bonds is 9. The third-order valence-electron chi connectivity index (χ3n) is 4.19. The number of benzene rings is 3. The zero-order chi connectivity index (χ0) is 20.5. The maximum absolute atomic E-state index is 6.01. The van der Waals surface area contributed by atoms with E-state index < -0.39 is 0 Å². The van der Waals surface area contributed by atoms with Crippen LogP contribution in [0.5, 0.6) is 17.2 Å². The van der Waals surface area contributed by atoms with Gasteiger partial charge in [-0.15, -0.1) is 0 Å². The Kier molecular flexibility index (Phi) is 7.36. The van der Waals surface area contributed by atoms with Gasteiger partial charge in [0.1, 0.15) is 12.4 Å². The van der Waals surface area contributed by atoms with Gasteiger partial charge in [-0.1, -0.05) is 41.9 Å². The molecular formula is C23H23ClN2O3. The molecule has 0 bridgehead atoms.